The summed E-state index contributed by atoms with van der Waals surface area (Å²) in [5, 5.41) is 3.08. The van der Waals surface area contributed by atoms with E-state index in [1.807, 2.05) is 24.3 Å². The van der Waals surface area contributed by atoms with Gasteiger partial charge in [0.25, 0.3) is 0 Å². The van der Waals surface area contributed by atoms with Gasteiger partial charge in [0.1, 0.15) is 0 Å². The fourth-order valence-electron chi connectivity index (χ4n) is 1.98. The zero-order valence-electron chi connectivity index (χ0n) is 11.6. The topological polar surface area (TPSA) is 55.1 Å². The van der Waals surface area contributed by atoms with Crippen LogP contribution in [0.5, 0.6) is 0 Å². The Morgan fingerprint density at radius 3 is 2.22 bits per heavy atom. The van der Waals surface area contributed by atoms with Crippen LogP contribution in [0, 0.1) is 5.92 Å². The Morgan fingerprint density at radius 1 is 1.22 bits per heavy atom. The van der Waals surface area contributed by atoms with E-state index in [1.54, 1.807) is 0 Å². The number of nitrogens with two attached hydrogens (primary N) is 1. The molecule has 0 bridgehead atoms. The molecule has 0 saturated carbocycles. The summed E-state index contributed by atoms with van der Waals surface area (Å²) in [6, 6.07) is 8.15. The summed E-state index contributed by atoms with van der Waals surface area (Å²) in [6.45, 7) is 6.90. The van der Waals surface area contributed by atoms with E-state index in [1.165, 1.54) is 0 Å². The van der Waals surface area contributed by atoms with E-state index in [-0.39, 0.29) is 11.9 Å². The first-order valence-corrected chi connectivity index (χ1v) is 6.64. The lowest BCUT2D eigenvalue weighted by Gasteiger charge is -2.20. The van der Waals surface area contributed by atoms with Gasteiger partial charge in [0.15, 0.2) is 0 Å². The van der Waals surface area contributed by atoms with Crippen LogP contribution in [-0.4, -0.2) is 11.9 Å². The van der Waals surface area contributed by atoms with Crippen LogP contribution in [0.15, 0.2) is 24.3 Å². The molecule has 0 heterocycles. The molecule has 0 aliphatic carbocycles. The number of nitrogens with one attached hydrogen (secondary N) is 1. The Labute approximate surface area is 110 Å². The number of hydrogen-bond donors (Lipinski definition) is 2. The molecule has 1 unspecified atom stereocenters. The van der Waals surface area contributed by atoms with Crippen molar-refractivity contribution in [1.29, 1.82) is 0 Å². The van der Waals surface area contributed by atoms with Crippen LogP contribution < -0.4 is 11.1 Å². The monoisotopic (exact) mass is 248 g/mol. The maximum absolute atomic E-state index is 11.9. The standard InChI is InChI=1S/C15H24N2O/c1-4-14(11(2)3)17-15(18)9-12-5-7-13(10-16)8-6-12/h5-8,11,14H,4,9-10,16H2,1-3H3,(H,17,18). The highest BCUT2D eigenvalue weighted by Crippen LogP contribution is 2.08. The molecule has 0 radical (unpaired) electrons. The summed E-state index contributed by atoms with van der Waals surface area (Å²) in [6.07, 6.45) is 1.41. The molecular formula is C15H24N2O. The molecule has 0 saturated heterocycles. The number of amides is 1. The van der Waals surface area contributed by atoms with Crippen molar-refractivity contribution in [2.75, 3.05) is 0 Å². The Hall–Kier alpha value is -1.35. The van der Waals surface area contributed by atoms with Gasteiger partial charge in [-0.15, -0.1) is 0 Å². The third-order valence-corrected chi connectivity index (χ3v) is 3.21. The molecule has 3 N–H and O–H groups in total. The first-order valence-electron chi connectivity index (χ1n) is 6.64. The summed E-state index contributed by atoms with van der Waals surface area (Å²) < 4.78 is 0. The first kappa shape index (κ1) is 14.7. The van der Waals surface area contributed by atoms with Crippen molar-refractivity contribution >= 4 is 5.91 Å². The molecule has 1 rings (SSSR count). The second-order valence-electron chi connectivity index (χ2n) is 5.02. The van der Waals surface area contributed by atoms with Gasteiger partial charge < -0.3 is 11.1 Å². The maximum Gasteiger partial charge on any atom is 0.224 e. The Balaban J connectivity index is 2.53. The van der Waals surface area contributed by atoms with E-state index in [0.717, 1.165) is 17.5 Å². The SMILES string of the molecule is CCC(NC(=O)Cc1ccc(CN)cc1)C(C)C. The molecule has 1 aromatic rings. The van der Waals surface area contributed by atoms with E-state index in [4.69, 9.17) is 5.73 Å². The van der Waals surface area contributed by atoms with E-state index in [0.29, 0.717) is 18.9 Å². The molecule has 3 nitrogen and oxygen atoms in total. The average Bonchev–Trinajstić information content (AvgIpc) is 2.36. The Morgan fingerprint density at radius 2 is 1.78 bits per heavy atom. The molecule has 1 aromatic carbocycles. The van der Waals surface area contributed by atoms with Crippen molar-refractivity contribution in [3.63, 3.8) is 0 Å². The molecule has 0 aromatic heterocycles. The lowest BCUT2D eigenvalue weighted by molar-refractivity contribution is -0.121. The lowest BCUT2D eigenvalue weighted by Crippen LogP contribution is -2.38. The van der Waals surface area contributed by atoms with Crippen molar-refractivity contribution in [2.24, 2.45) is 11.7 Å². The zero-order chi connectivity index (χ0) is 13.5. The van der Waals surface area contributed by atoms with E-state index in [9.17, 15) is 4.79 Å². The lowest BCUT2D eigenvalue weighted by atomic mass is 10.0. The van der Waals surface area contributed by atoms with Gasteiger partial charge in [0.05, 0.1) is 6.42 Å². The van der Waals surface area contributed by atoms with Gasteiger partial charge in [0, 0.05) is 12.6 Å². The van der Waals surface area contributed by atoms with Gasteiger partial charge in [-0.1, -0.05) is 45.0 Å². The van der Waals surface area contributed by atoms with E-state index >= 15 is 0 Å². The van der Waals surface area contributed by atoms with Crippen LogP contribution in [0.2, 0.25) is 0 Å². The number of rotatable bonds is 6. The third kappa shape index (κ3) is 4.49. The molecule has 100 valence electrons. The van der Waals surface area contributed by atoms with Crippen molar-refractivity contribution in [3.05, 3.63) is 35.4 Å². The number of benzene rings is 1. The third-order valence-electron chi connectivity index (χ3n) is 3.21. The molecule has 1 atom stereocenters. The van der Waals surface area contributed by atoms with E-state index < -0.39 is 0 Å². The van der Waals surface area contributed by atoms with Crippen molar-refractivity contribution in [3.8, 4) is 0 Å². The zero-order valence-corrected chi connectivity index (χ0v) is 11.6. The number of carbonyl (C=O) groups is 1. The summed E-state index contributed by atoms with van der Waals surface area (Å²) in [5.74, 6) is 0.564. The van der Waals surface area contributed by atoms with Gasteiger partial charge in [-0.05, 0) is 23.5 Å². The van der Waals surface area contributed by atoms with E-state index in [2.05, 4.69) is 26.1 Å². The molecule has 1 amide bonds. The van der Waals surface area contributed by atoms with Crippen LogP contribution in [0.25, 0.3) is 0 Å². The Kier molecular flexibility index (Phi) is 5.86. The minimum atomic E-state index is 0.0936. The van der Waals surface area contributed by atoms with Crippen LogP contribution >= 0.6 is 0 Å². The predicted octanol–water partition coefficient (Wildman–Crippen LogP) is 2.24. The smallest absolute Gasteiger partial charge is 0.224 e. The molecular weight excluding hydrogens is 224 g/mol. The summed E-state index contributed by atoms with van der Waals surface area (Å²) in [5.41, 5.74) is 7.66. The molecule has 0 spiro atoms. The first-order chi connectivity index (χ1) is 8.56. The van der Waals surface area contributed by atoms with Gasteiger partial charge in [-0.3, -0.25) is 4.79 Å². The van der Waals surface area contributed by atoms with Gasteiger partial charge in [0.2, 0.25) is 5.91 Å². The second kappa shape index (κ2) is 7.17. The van der Waals surface area contributed by atoms with Crippen molar-refractivity contribution in [1.82, 2.24) is 5.32 Å². The minimum absolute atomic E-state index is 0.0936. The summed E-state index contributed by atoms with van der Waals surface area (Å²) in [7, 11) is 0. The van der Waals surface area contributed by atoms with Gasteiger partial charge >= 0.3 is 0 Å². The van der Waals surface area contributed by atoms with Crippen molar-refractivity contribution < 1.29 is 4.79 Å². The van der Waals surface area contributed by atoms with Crippen LogP contribution in [0.1, 0.15) is 38.3 Å². The largest absolute Gasteiger partial charge is 0.353 e. The fraction of sp³-hybridized carbons (Fsp3) is 0.533. The van der Waals surface area contributed by atoms with Crippen LogP contribution in [0.4, 0.5) is 0 Å². The highest BCUT2D eigenvalue weighted by Gasteiger charge is 2.13. The van der Waals surface area contributed by atoms with Crippen LogP contribution in [0.3, 0.4) is 0 Å². The second-order valence-corrected chi connectivity index (χ2v) is 5.02. The Bertz CT molecular complexity index is 371. The molecule has 0 aliphatic rings. The average molecular weight is 248 g/mol. The normalized spacial score (nSPS) is 12.5. The highest BCUT2D eigenvalue weighted by atomic mass is 16.1. The number of hydrogen-bond acceptors (Lipinski definition) is 2. The quantitative estimate of drug-likeness (QED) is 0.811. The maximum atomic E-state index is 11.9. The molecule has 0 fully saturated rings. The molecule has 0 aliphatic heterocycles. The fourth-order valence-corrected chi connectivity index (χ4v) is 1.98. The molecule has 18 heavy (non-hydrogen) atoms. The van der Waals surface area contributed by atoms with Gasteiger partial charge in [-0.2, -0.15) is 0 Å². The summed E-state index contributed by atoms with van der Waals surface area (Å²) in [4.78, 5) is 11.9. The number of carbonyl (C=O) groups excluding carboxylic acids is 1. The van der Waals surface area contributed by atoms with Gasteiger partial charge in [-0.25, -0.2) is 0 Å². The van der Waals surface area contributed by atoms with Crippen molar-refractivity contribution in [2.45, 2.75) is 46.2 Å². The highest BCUT2D eigenvalue weighted by molar-refractivity contribution is 5.78. The molecule has 3 heteroatoms. The summed E-state index contributed by atoms with van der Waals surface area (Å²) >= 11 is 0. The minimum Gasteiger partial charge on any atom is -0.353 e. The predicted molar refractivity (Wildman–Crippen MR) is 75.1 cm³/mol. The van der Waals surface area contributed by atoms with Crippen LogP contribution in [-0.2, 0) is 17.8 Å².